The summed E-state index contributed by atoms with van der Waals surface area (Å²) in [5.74, 6) is 0.624. The van der Waals surface area contributed by atoms with Gasteiger partial charge in [0.2, 0.25) is 0 Å². The topological polar surface area (TPSA) is 47.6 Å². The summed E-state index contributed by atoms with van der Waals surface area (Å²) in [5, 5.41) is 3.12. The first-order chi connectivity index (χ1) is 8.67. The molecule has 4 heteroatoms. The summed E-state index contributed by atoms with van der Waals surface area (Å²) < 4.78 is 10.3. The summed E-state index contributed by atoms with van der Waals surface area (Å²) in [4.78, 5) is 11.4. The Labute approximate surface area is 108 Å². The van der Waals surface area contributed by atoms with E-state index in [9.17, 15) is 4.79 Å². The van der Waals surface area contributed by atoms with Gasteiger partial charge in [0, 0.05) is 6.54 Å². The van der Waals surface area contributed by atoms with Crippen molar-refractivity contribution < 1.29 is 14.3 Å². The third kappa shape index (κ3) is 4.75. The van der Waals surface area contributed by atoms with Crippen LogP contribution in [0.25, 0.3) is 0 Å². The van der Waals surface area contributed by atoms with Crippen LogP contribution in [0.1, 0.15) is 26.3 Å². The van der Waals surface area contributed by atoms with E-state index in [0.717, 1.165) is 11.3 Å². The summed E-state index contributed by atoms with van der Waals surface area (Å²) in [7, 11) is 0. The van der Waals surface area contributed by atoms with Crippen molar-refractivity contribution in [2.24, 2.45) is 0 Å². The molecule has 0 saturated carbocycles. The van der Waals surface area contributed by atoms with Gasteiger partial charge in [-0.15, -0.1) is 0 Å². The maximum Gasteiger partial charge on any atom is 0.322 e. The van der Waals surface area contributed by atoms with Crippen molar-refractivity contribution in [2.75, 3.05) is 13.2 Å². The maximum atomic E-state index is 11.4. The van der Waals surface area contributed by atoms with E-state index >= 15 is 0 Å². The van der Waals surface area contributed by atoms with Crippen LogP contribution in [0.3, 0.4) is 0 Å². The van der Waals surface area contributed by atoms with E-state index < -0.39 is 0 Å². The highest BCUT2D eigenvalue weighted by molar-refractivity contribution is 5.75. The zero-order valence-corrected chi connectivity index (χ0v) is 11.2. The minimum Gasteiger partial charge on any atom is -0.494 e. The number of nitrogens with one attached hydrogen (secondary N) is 1. The molecule has 0 aliphatic carbocycles. The molecular weight excluding hydrogens is 230 g/mol. The lowest BCUT2D eigenvalue weighted by Crippen LogP contribution is -2.34. The van der Waals surface area contributed by atoms with Crippen LogP contribution in [-0.2, 0) is 16.1 Å². The predicted octanol–water partition coefficient (Wildman–Crippen LogP) is 2.13. The second-order valence-corrected chi connectivity index (χ2v) is 3.94. The third-order valence-corrected chi connectivity index (χ3v) is 2.46. The smallest absolute Gasteiger partial charge is 0.322 e. The highest BCUT2D eigenvalue weighted by Crippen LogP contribution is 2.13. The number of carbonyl (C=O) groups excluding carboxylic acids is 1. The quantitative estimate of drug-likeness (QED) is 0.754. The van der Waals surface area contributed by atoms with Gasteiger partial charge in [-0.3, -0.25) is 4.79 Å². The van der Waals surface area contributed by atoms with Crippen LogP contribution >= 0.6 is 0 Å². The van der Waals surface area contributed by atoms with Crippen LogP contribution in [0.4, 0.5) is 0 Å². The molecule has 4 nitrogen and oxygen atoms in total. The molecule has 1 unspecified atom stereocenters. The second-order valence-electron chi connectivity index (χ2n) is 3.94. The molecule has 0 heterocycles. The van der Waals surface area contributed by atoms with Crippen LogP contribution < -0.4 is 10.1 Å². The van der Waals surface area contributed by atoms with Gasteiger partial charge in [-0.25, -0.2) is 0 Å². The van der Waals surface area contributed by atoms with Crippen LogP contribution in [0, 0.1) is 0 Å². The van der Waals surface area contributed by atoms with E-state index in [0.29, 0.717) is 19.8 Å². The molecule has 1 atom stereocenters. The second kappa shape index (κ2) is 7.71. The van der Waals surface area contributed by atoms with Gasteiger partial charge in [0.25, 0.3) is 0 Å². The molecule has 0 fully saturated rings. The lowest BCUT2D eigenvalue weighted by atomic mass is 10.2. The fourth-order valence-corrected chi connectivity index (χ4v) is 1.53. The first-order valence-corrected chi connectivity index (χ1v) is 6.29. The molecule has 0 aliphatic rings. The highest BCUT2D eigenvalue weighted by Gasteiger charge is 2.12. The highest BCUT2D eigenvalue weighted by atomic mass is 16.5. The number of carbonyl (C=O) groups is 1. The van der Waals surface area contributed by atoms with E-state index in [1.165, 1.54) is 0 Å². The number of esters is 1. The third-order valence-electron chi connectivity index (χ3n) is 2.46. The number of benzene rings is 1. The summed E-state index contributed by atoms with van der Waals surface area (Å²) in [5.41, 5.74) is 1.08. The fraction of sp³-hybridized carbons (Fsp3) is 0.500. The minimum atomic E-state index is -0.305. The Kier molecular flexibility index (Phi) is 6.22. The number of hydrogen-bond acceptors (Lipinski definition) is 4. The van der Waals surface area contributed by atoms with Crippen molar-refractivity contribution in [3.63, 3.8) is 0 Å². The van der Waals surface area contributed by atoms with Crippen molar-refractivity contribution in [3.05, 3.63) is 29.8 Å². The molecule has 1 N–H and O–H groups in total. The first-order valence-electron chi connectivity index (χ1n) is 6.29. The molecule has 18 heavy (non-hydrogen) atoms. The molecule has 0 spiro atoms. The van der Waals surface area contributed by atoms with Gasteiger partial charge < -0.3 is 14.8 Å². The normalized spacial score (nSPS) is 11.9. The largest absolute Gasteiger partial charge is 0.494 e. The predicted molar refractivity (Wildman–Crippen MR) is 70.5 cm³/mol. The van der Waals surface area contributed by atoms with Crippen LogP contribution in [0.15, 0.2) is 24.3 Å². The zero-order valence-electron chi connectivity index (χ0n) is 11.2. The van der Waals surface area contributed by atoms with Gasteiger partial charge in [0.15, 0.2) is 0 Å². The van der Waals surface area contributed by atoms with Gasteiger partial charge in [0.05, 0.1) is 13.2 Å². The molecule has 0 aromatic heterocycles. The number of rotatable bonds is 7. The SMILES string of the molecule is CCOC(=O)C(C)NCc1cccc(OCC)c1. The van der Waals surface area contributed by atoms with Crippen LogP contribution in [0.2, 0.25) is 0 Å². The van der Waals surface area contributed by atoms with E-state index in [4.69, 9.17) is 9.47 Å². The standard InChI is InChI=1S/C14H21NO3/c1-4-17-13-8-6-7-12(9-13)10-15-11(3)14(16)18-5-2/h6-9,11,15H,4-5,10H2,1-3H3. The van der Waals surface area contributed by atoms with Gasteiger partial charge in [0.1, 0.15) is 11.8 Å². The Morgan fingerprint density at radius 1 is 1.33 bits per heavy atom. The summed E-state index contributed by atoms with van der Waals surface area (Å²) >= 11 is 0. The molecular formula is C14H21NO3. The van der Waals surface area contributed by atoms with Crippen LogP contribution in [-0.4, -0.2) is 25.2 Å². The molecule has 0 saturated heterocycles. The lowest BCUT2D eigenvalue weighted by Gasteiger charge is -2.13. The van der Waals surface area contributed by atoms with Gasteiger partial charge >= 0.3 is 5.97 Å². The summed E-state index contributed by atoms with van der Waals surface area (Å²) in [6.07, 6.45) is 0. The number of hydrogen-bond donors (Lipinski definition) is 1. The molecule has 0 aliphatic heterocycles. The molecule has 1 aromatic carbocycles. The van der Waals surface area contributed by atoms with Gasteiger partial charge in [-0.05, 0) is 38.5 Å². The van der Waals surface area contributed by atoms with Crippen molar-refractivity contribution in [3.8, 4) is 5.75 Å². The Bertz CT molecular complexity index is 379. The first kappa shape index (κ1) is 14.5. The molecule has 0 bridgehead atoms. The summed E-state index contributed by atoms with van der Waals surface area (Å²) in [6, 6.07) is 7.52. The Morgan fingerprint density at radius 3 is 2.78 bits per heavy atom. The van der Waals surface area contributed by atoms with E-state index in [1.54, 1.807) is 13.8 Å². The Hall–Kier alpha value is -1.55. The maximum absolute atomic E-state index is 11.4. The van der Waals surface area contributed by atoms with Crippen molar-refractivity contribution >= 4 is 5.97 Å². The molecule has 0 radical (unpaired) electrons. The van der Waals surface area contributed by atoms with Gasteiger partial charge in [-0.2, -0.15) is 0 Å². The van der Waals surface area contributed by atoms with Gasteiger partial charge in [-0.1, -0.05) is 12.1 Å². The fourth-order valence-electron chi connectivity index (χ4n) is 1.53. The number of ether oxygens (including phenoxy) is 2. The molecule has 0 amide bonds. The summed E-state index contributed by atoms with van der Waals surface area (Å²) in [6.45, 7) is 7.22. The van der Waals surface area contributed by atoms with E-state index in [2.05, 4.69) is 5.32 Å². The van der Waals surface area contributed by atoms with Crippen molar-refractivity contribution in [1.29, 1.82) is 0 Å². The Balaban J connectivity index is 2.47. The van der Waals surface area contributed by atoms with E-state index in [1.807, 2.05) is 31.2 Å². The minimum absolute atomic E-state index is 0.224. The molecule has 1 rings (SSSR count). The molecule has 100 valence electrons. The lowest BCUT2D eigenvalue weighted by molar-refractivity contribution is -0.145. The van der Waals surface area contributed by atoms with Crippen LogP contribution in [0.5, 0.6) is 5.75 Å². The zero-order chi connectivity index (χ0) is 13.4. The average molecular weight is 251 g/mol. The van der Waals surface area contributed by atoms with Crippen molar-refractivity contribution in [1.82, 2.24) is 5.32 Å². The molecule has 1 aromatic rings. The van der Waals surface area contributed by atoms with Crippen molar-refractivity contribution in [2.45, 2.75) is 33.4 Å². The average Bonchev–Trinajstić information content (AvgIpc) is 2.37. The Morgan fingerprint density at radius 2 is 2.11 bits per heavy atom. The van der Waals surface area contributed by atoms with E-state index in [-0.39, 0.29) is 12.0 Å². The monoisotopic (exact) mass is 251 g/mol.